The van der Waals surface area contributed by atoms with Crippen molar-refractivity contribution >= 4 is 16.9 Å². The Hall–Kier alpha value is -1.85. The number of hydrogen-bond donors (Lipinski definition) is 0. The zero-order chi connectivity index (χ0) is 16.2. The topological polar surface area (TPSA) is 51.9 Å². The van der Waals surface area contributed by atoms with E-state index in [1.165, 1.54) is 5.56 Å². The number of rotatable bonds is 5. The summed E-state index contributed by atoms with van der Waals surface area (Å²) in [7, 11) is 1.81. The number of carbonyl (C=O) groups excluding carboxylic acids is 1. The Kier molecular flexibility index (Phi) is 4.98. The van der Waals surface area contributed by atoms with Crippen molar-refractivity contribution in [3.63, 3.8) is 0 Å². The molecule has 1 amide bonds. The number of benzene rings is 1. The van der Waals surface area contributed by atoms with Crippen LogP contribution in [0, 0.1) is 0 Å². The lowest BCUT2D eigenvalue weighted by atomic mass is 10.1. The van der Waals surface area contributed by atoms with Gasteiger partial charge >= 0.3 is 0 Å². The molecule has 1 saturated heterocycles. The van der Waals surface area contributed by atoms with Gasteiger partial charge in [0.1, 0.15) is 5.58 Å². The molecule has 0 N–H and O–H groups in total. The summed E-state index contributed by atoms with van der Waals surface area (Å²) < 4.78 is 16.5. The Morgan fingerprint density at radius 1 is 1.35 bits per heavy atom. The molecule has 0 aliphatic carbocycles. The van der Waals surface area contributed by atoms with Crippen LogP contribution in [-0.2, 0) is 27.1 Å². The first-order valence-electron chi connectivity index (χ1n) is 8.09. The maximum absolute atomic E-state index is 12.5. The van der Waals surface area contributed by atoms with E-state index < -0.39 is 0 Å². The molecule has 1 aliphatic rings. The van der Waals surface area contributed by atoms with Crippen molar-refractivity contribution in [2.24, 2.45) is 0 Å². The van der Waals surface area contributed by atoms with E-state index >= 15 is 0 Å². The van der Waals surface area contributed by atoms with E-state index in [4.69, 9.17) is 13.9 Å². The molecule has 1 aliphatic heterocycles. The van der Waals surface area contributed by atoms with Crippen LogP contribution < -0.4 is 0 Å². The second kappa shape index (κ2) is 7.15. The average Bonchev–Trinajstić information content (AvgIpc) is 2.97. The highest BCUT2D eigenvalue weighted by Crippen LogP contribution is 2.23. The van der Waals surface area contributed by atoms with E-state index in [0.29, 0.717) is 32.8 Å². The fraction of sp³-hybridized carbons (Fsp3) is 0.500. The molecule has 0 spiro atoms. The molecule has 5 nitrogen and oxygen atoms in total. The van der Waals surface area contributed by atoms with E-state index in [1.807, 2.05) is 6.07 Å². The SMILES string of the molecule is CCc1ccc2occ(CC(=O)N(C)C[C@@H]3COCCO3)c2c1. The molecule has 2 heterocycles. The van der Waals surface area contributed by atoms with Crippen molar-refractivity contribution in [3.8, 4) is 0 Å². The highest BCUT2D eigenvalue weighted by atomic mass is 16.6. The highest BCUT2D eigenvalue weighted by molar-refractivity contribution is 5.88. The summed E-state index contributed by atoms with van der Waals surface area (Å²) in [6, 6.07) is 6.14. The van der Waals surface area contributed by atoms with Gasteiger partial charge < -0.3 is 18.8 Å². The van der Waals surface area contributed by atoms with Crippen molar-refractivity contribution in [2.75, 3.05) is 33.4 Å². The Morgan fingerprint density at radius 2 is 2.22 bits per heavy atom. The molecule has 23 heavy (non-hydrogen) atoms. The number of nitrogens with zero attached hydrogens (tertiary/aromatic N) is 1. The first-order chi connectivity index (χ1) is 11.2. The van der Waals surface area contributed by atoms with Crippen LogP contribution in [0.15, 0.2) is 28.9 Å². The van der Waals surface area contributed by atoms with Gasteiger partial charge in [-0.25, -0.2) is 0 Å². The van der Waals surface area contributed by atoms with Gasteiger partial charge in [-0.1, -0.05) is 13.0 Å². The van der Waals surface area contributed by atoms with Crippen LogP contribution in [0.25, 0.3) is 11.0 Å². The quantitative estimate of drug-likeness (QED) is 0.850. The Bertz CT molecular complexity index is 673. The molecule has 0 saturated carbocycles. The highest BCUT2D eigenvalue weighted by Gasteiger charge is 2.20. The predicted octanol–water partition coefficient (Wildman–Crippen LogP) is 2.41. The third kappa shape index (κ3) is 3.74. The second-order valence-corrected chi connectivity index (χ2v) is 5.96. The van der Waals surface area contributed by atoms with Gasteiger partial charge in [0, 0.05) is 24.5 Å². The summed E-state index contributed by atoms with van der Waals surface area (Å²) in [5.74, 6) is 0.0591. The molecule has 0 unspecified atom stereocenters. The Morgan fingerprint density at radius 3 is 2.96 bits per heavy atom. The summed E-state index contributed by atoms with van der Waals surface area (Å²) >= 11 is 0. The summed E-state index contributed by atoms with van der Waals surface area (Å²) in [6.07, 6.45) is 2.96. The summed E-state index contributed by atoms with van der Waals surface area (Å²) in [6.45, 7) is 4.45. The molecule has 1 aromatic heterocycles. The minimum absolute atomic E-state index is 0.0366. The van der Waals surface area contributed by atoms with Crippen molar-refractivity contribution in [3.05, 3.63) is 35.6 Å². The van der Waals surface area contributed by atoms with Crippen molar-refractivity contribution in [1.82, 2.24) is 4.90 Å². The molecule has 1 aromatic carbocycles. The molecule has 3 rings (SSSR count). The smallest absolute Gasteiger partial charge is 0.226 e. The lowest BCUT2D eigenvalue weighted by molar-refractivity contribution is -0.135. The lowest BCUT2D eigenvalue weighted by Gasteiger charge is -2.27. The number of ether oxygens (including phenoxy) is 2. The number of furan rings is 1. The summed E-state index contributed by atoms with van der Waals surface area (Å²) in [5.41, 5.74) is 3.01. The van der Waals surface area contributed by atoms with Crippen LogP contribution in [0.1, 0.15) is 18.1 Å². The third-order valence-electron chi connectivity index (χ3n) is 4.26. The molecule has 5 heteroatoms. The maximum Gasteiger partial charge on any atom is 0.226 e. The maximum atomic E-state index is 12.5. The van der Waals surface area contributed by atoms with Crippen LogP contribution in [0.4, 0.5) is 0 Å². The molecule has 0 bridgehead atoms. The summed E-state index contributed by atoms with van der Waals surface area (Å²) in [4.78, 5) is 14.2. The van der Waals surface area contributed by atoms with Gasteiger partial charge in [0.15, 0.2) is 0 Å². The van der Waals surface area contributed by atoms with Crippen molar-refractivity contribution in [2.45, 2.75) is 25.9 Å². The van der Waals surface area contributed by atoms with Crippen LogP contribution in [0.2, 0.25) is 0 Å². The molecule has 1 atom stereocenters. The van der Waals surface area contributed by atoms with Crippen molar-refractivity contribution < 1.29 is 18.7 Å². The Labute approximate surface area is 136 Å². The first-order valence-corrected chi connectivity index (χ1v) is 8.09. The molecular weight excluding hydrogens is 294 g/mol. The largest absolute Gasteiger partial charge is 0.464 e. The molecular formula is C18H23NO4. The normalized spacial score (nSPS) is 18.3. The van der Waals surface area contributed by atoms with Gasteiger partial charge in [0.05, 0.1) is 38.6 Å². The van der Waals surface area contributed by atoms with E-state index in [1.54, 1.807) is 18.2 Å². The fourth-order valence-electron chi connectivity index (χ4n) is 2.83. The van der Waals surface area contributed by atoms with E-state index in [2.05, 4.69) is 19.1 Å². The zero-order valence-electron chi connectivity index (χ0n) is 13.7. The van der Waals surface area contributed by atoms with Gasteiger partial charge in [-0.2, -0.15) is 0 Å². The Balaban J connectivity index is 1.67. The molecule has 1 fully saturated rings. The van der Waals surface area contributed by atoms with Crippen LogP contribution >= 0.6 is 0 Å². The average molecular weight is 317 g/mol. The second-order valence-electron chi connectivity index (χ2n) is 5.96. The number of carbonyl (C=O) groups is 1. The molecule has 0 radical (unpaired) electrons. The molecule has 124 valence electrons. The van der Waals surface area contributed by atoms with Gasteiger partial charge in [0.2, 0.25) is 5.91 Å². The fourth-order valence-corrected chi connectivity index (χ4v) is 2.83. The third-order valence-corrected chi connectivity index (χ3v) is 4.26. The van der Waals surface area contributed by atoms with Gasteiger partial charge in [-0.15, -0.1) is 0 Å². The number of likely N-dealkylation sites (N-methyl/N-ethyl adjacent to an activating group) is 1. The monoisotopic (exact) mass is 317 g/mol. The number of hydrogen-bond acceptors (Lipinski definition) is 4. The summed E-state index contributed by atoms with van der Waals surface area (Å²) in [5, 5.41) is 1.03. The van der Waals surface area contributed by atoms with E-state index in [0.717, 1.165) is 23.0 Å². The van der Waals surface area contributed by atoms with Crippen LogP contribution in [-0.4, -0.2) is 50.3 Å². The number of amides is 1. The van der Waals surface area contributed by atoms with E-state index in [9.17, 15) is 4.79 Å². The van der Waals surface area contributed by atoms with Gasteiger partial charge in [-0.05, 0) is 24.1 Å². The van der Waals surface area contributed by atoms with Crippen molar-refractivity contribution in [1.29, 1.82) is 0 Å². The van der Waals surface area contributed by atoms with Crippen LogP contribution in [0.3, 0.4) is 0 Å². The van der Waals surface area contributed by atoms with Gasteiger partial charge in [0.25, 0.3) is 0 Å². The number of aryl methyl sites for hydroxylation is 1. The minimum Gasteiger partial charge on any atom is -0.464 e. The standard InChI is InChI=1S/C18H23NO4/c1-3-13-4-5-17-16(8-13)14(11-23-17)9-18(20)19(2)10-15-12-21-6-7-22-15/h4-5,8,11,15H,3,6-7,9-10,12H2,1-2H3/t15-/m1/s1. The minimum atomic E-state index is -0.0366. The first kappa shape index (κ1) is 16.0. The molecule has 2 aromatic rings. The van der Waals surface area contributed by atoms with Crippen LogP contribution in [0.5, 0.6) is 0 Å². The van der Waals surface area contributed by atoms with Gasteiger partial charge in [-0.3, -0.25) is 4.79 Å². The lowest BCUT2D eigenvalue weighted by Crippen LogP contribution is -2.41. The van der Waals surface area contributed by atoms with E-state index in [-0.39, 0.29) is 12.0 Å². The number of fused-ring (bicyclic) bond motifs is 1. The predicted molar refractivity (Wildman–Crippen MR) is 87.5 cm³/mol. The zero-order valence-corrected chi connectivity index (χ0v) is 13.7.